The van der Waals surface area contributed by atoms with Crippen LogP contribution in [0.2, 0.25) is 0 Å². The van der Waals surface area contributed by atoms with Crippen molar-refractivity contribution in [3.05, 3.63) is 70.9 Å². The number of carbonyl (C=O) groups is 1. The number of carbonyl (C=O) groups excluding carboxylic acids is 1. The van der Waals surface area contributed by atoms with Crippen LogP contribution in [-0.2, 0) is 0 Å². The predicted molar refractivity (Wildman–Crippen MR) is 102 cm³/mol. The van der Waals surface area contributed by atoms with Crippen LogP contribution in [-0.4, -0.2) is 23.9 Å². The van der Waals surface area contributed by atoms with Gasteiger partial charge in [0.25, 0.3) is 0 Å². The molecular weight excluding hydrogens is 384 g/mol. The van der Waals surface area contributed by atoms with E-state index in [2.05, 4.69) is 4.98 Å². The lowest BCUT2D eigenvalue weighted by atomic mass is 9.88. The number of halogens is 4. The number of nitrogens with zero attached hydrogens (tertiary/aromatic N) is 2. The van der Waals surface area contributed by atoms with Gasteiger partial charge in [0, 0.05) is 47.9 Å². The van der Waals surface area contributed by atoms with Crippen molar-refractivity contribution in [1.82, 2.24) is 4.98 Å². The molecule has 0 radical (unpaired) electrons. The Morgan fingerprint density at radius 2 is 1.62 bits per heavy atom. The molecule has 2 heterocycles. The highest BCUT2D eigenvalue weighted by Crippen LogP contribution is 2.32. The van der Waals surface area contributed by atoms with E-state index in [1.165, 1.54) is 12.1 Å². The van der Waals surface area contributed by atoms with Gasteiger partial charge in [0.15, 0.2) is 5.78 Å². The maximum Gasteiger partial charge on any atom is 0.171 e. The quantitative estimate of drug-likeness (QED) is 0.446. The van der Waals surface area contributed by atoms with Crippen LogP contribution in [0, 0.1) is 36.1 Å². The number of aryl methyl sites for hydroxylation is 1. The number of fused-ring (bicyclic) bond motifs is 1. The average Bonchev–Trinajstić information content (AvgIpc) is 2.67. The summed E-state index contributed by atoms with van der Waals surface area (Å²) in [7, 11) is 0. The van der Waals surface area contributed by atoms with Gasteiger partial charge in [0.2, 0.25) is 0 Å². The van der Waals surface area contributed by atoms with Crippen LogP contribution in [0.1, 0.15) is 28.9 Å². The largest absolute Gasteiger partial charge is 0.371 e. The maximum atomic E-state index is 14.0. The molecule has 1 aliphatic rings. The summed E-state index contributed by atoms with van der Waals surface area (Å²) < 4.78 is 54.8. The number of benzene rings is 2. The third kappa shape index (κ3) is 3.69. The lowest BCUT2D eigenvalue weighted by molar-refractivity contribution is 0.0891. The first-order valence-corrected chi connectivity index (χ1v) is 9.34. The molecule has 150 valence electrons. The Labute approximate surface area is 165 Å². The van der Waals surface area contributed by atoms with Crippen LogP contribution < -0.4 is 4.90 Å². The van der Waals surface area contributed by atoms with Crippen molar-refractivity contribution in [3.63, 3.8) is 0 Å². The maximum absolute atomic E-state index is 14.0. The van der Waals surface area contributed by atoms with E-state index in [9.17, 15) is 22.4 Å². The second-order valence-corrected chi connectivity index (χ2v) is 7.31. The van der Waals surface area contributed by atoms with Gasteiger partial charge in [-0.3, -0.25) is 9.78 Å². The molecule has 0 atom stereocenters. The van der Waals surface area contributed by atoms with Crippen LogP contribution >= 0.6 is 0 Å². The molecule has 0 amide bonds. The van der Waals surface area contributed by atoms with Gasteiger partial charge in [-0.15, -0.1) is 0 Å². The topological polar surface area (TPSA) is 33.2 Å². The van der Waals surface area contributed by atoms with Crippen molar-refractivity contribution in [1.29, 1.82) is 0 Å². The van der Waals surface area contributed by atoms with Gasteiger partial charge >= 0.3 is 0 Å². The van der Waals surface area contributed by atoms with Crippen LogP contribution in [0.25, 0.3) is 10.9 Å². The van der Waals surface area contributed by atoms with Gasteiger partial charge in [0.05, 0.1) is 11.1 Å². The lowest BCUT2D eigenvalue weighted by Crippen LogP contribution is -2.37. The second kappa shape index (κ2) is 7.46. The first kappa shape index (κ1) is 19.4. The molecule has 3 aromatic rings. The Morgan fingerprint density at radius 3 is 2.28 bits per heavy atom. The molecule has 0 N–H and O–H groups in total. The van der Waals surface area contributed by atoms with Crippen LogP contribution in [0.5, 0.6) is 0 Å². The first-order valence-electron chi connectivity index (χ1n) is 9.34. The number of Topliss-reactive ketones (excluding diaryl/α,β-unsaturated/α-hetero) is 1. The molecule has 1 aromatic heterocycles. The number of pyridine rings is 1. The normalized spacial score (nSPS) is 15.1. The summed E-state index contributed by atoms with van der Waals surface area (Å²) in [4.78, 5) is 19.1. The van der Waals surface area contributed by atoms with Crippen molar-refractivity contribution >= 4 is 22.4 Å². The third-order valence-corrected chi connectivity index (χ3v) is 5.34. The SMILES string of the molecule is Cc1cc(N2CCC(C(=O)c3c(F)cc(F)cc3F)CC2)c2cc(F)ccc2n1. The molecular formula is C22H18F4N2O. The molecule has 7 heteroatoms. The smallest absolute Gasteiger partial charge is 0.171 e. The van der Waals surface area contributed by atoms with Crippen LogP contribution in [0.15, 0.2) is 36.4 Å². The predicted octanol–water partition coefficient (Wildman–Crippen LogP) is 5.20. The molecule has 0 aliphatic carbocycles. The van der Waals surface area contributed by atoms with E-state index in [1.807, 2.05) is 17.9 Å². The summed E-state index contributed by atoms with van der Waals surface area (Å²) in [5.74, 6) is -4.99. The van der Waals surface area contributed by atoms with Gasteiger partial charge in [-0.2, -0.15) is 0 Å². The molecule has 0 bridgehead atoms. The fourth-order valence-corrected chi connectivity index (χ4v) is 3.93. The summed E-state index contributed by atoms with van der Waals surface area (Å²) in [6.45, 7) is 2.79. The molecule has 1 aliphatic heterocycles. The molecule has 3 nitrogen and oxygen atoms in total. The Bertz CT molecular complexity index is 1080. The molecule has 0 saturated carbocycles. The van der Waals surface area contributed by atoms with E-state index in [0.29, 0.717) is 49.0 Å². The number of anilines is 1. The van der Waals surface area contributed by atoms with Gasteiger partial charge in [-0.25, -0.2) is 17.6 Å². The zero-order valence-corrected chi connectivity index (χ0v) is 15.7. The highest BCUT2D eigenvalue weighted by Gasteiger charge is 2.30. The Balaban J connectivity index is 1.57. The molecule has 1 saturated heterocycles. The van der Waals surface area contributed by atoms with Crippen molar-refractivity contribution in [3.8, 4) is 0 Å². The number of ketones is 1. The Morgan fingerprint density at radius 1 is 0.966 bits per heavy atom. The van der Waals surface area contributed by atoms with E-state index in [0.717, 1.165) is 11.4 Å². The summed E-state index contributed by atoms with van der Waals surface area (Å²) in [5.41, 5.74) is 1.59. The van der Waals surface area contributed by atoms with Gasteiger partial charge in [0.1, 0.15) is 23.3 Å². The van der Waals surface area contributed by atoms with Crippen LogP contribution in [0.3, 0.4) is 0 Å². The van der Waals surface area contributed by atoms with Crippen molar-refractivity contribution in [2.24, 2.45) is 5.92 Å². The summed E-state index contributed by atoms with van der Waals surface area (Å²) in [5, 5.41) is 0.677. The molecule has 4 rings (SSSR count). The minimum Gasteiger partial charge on any atom is -0.371 e. The molecule has 2 aromatic carbocycles. The summed E-state index contributed by atoms with van der Waals surface area (Å²) in [6, 6.07) is 7.31. The number of piperidine rings is 1. The first-order chi connectivity index (χ1) is 13.8. The molecule has 0 spiro atoms. The van der Waals surface area contributed by atoms with E-state index >= 15 is 0 Å². The third-order valence-electron chi connectivity index (χ3n) is 5.34. The van der Waals surface area contributed by atoms with E-state index < -0.39 is 34.7 Å². The minimum absolute atomic E-state index is 0.364. The van der Waals surface area contributed by atoms with Crippen molar-refractivity contribution < 1.29 is 22.4 Å². The zero-order valence-electron chi connectivity index (χ0n) is 15.7. The van der Waals surface area contributed by atoms with E-state index in [-0.39, 0.29) is 5.82 Å². The Hall–Kier alpha value is -2.96. The van der Waals surface area contributed by atoms with Crippen molar-refractivity contribution in [2.75, 3.05) is 18.0 Å². The number of hydrogen-bond donors (Lipinski definition) is 0. The average molecular weight is 402 g/mol. The van der Waals surface area contributed by atoms with Gasteiger partial charge in [-0.05, 0) is 44.0 Å². The monoisotopic (exact) mass is 402 g/mol. The minimum atomic E-state index is -1.18. The second-order valence-electron chi connectivity index (χ2n) is 7.31. The van der Waals surface area contributed by atoms with Crippen molar-refractivity contribution in [2.45, 2.75) is 19.8 Å². The highest BCUT2D eigenvalue weighted by molar-refractivity contribution is 5.98. The molecule has 29 heavy (non-hydrogen) atoms. The van der Waals surface area contributed by atoms with E-state index in [1.54, 1.807) is 6.07 Å². The number of rotatable bonds is 3. The standard InChI is InChI=1S/C22H18F4N2O/c1-12-8-20(16-9-14(23)2-3-19(16)27-12)28-6-4-13(5-7-28)22(29)21-17(25)10-15(24)11-18(21)26/h2-3,8-11,13H,4-7H2,1H3. The zero-order chi connectivity index (χ0) is 20.7. The van der Waals surface area contributed by atoms with Crippen LogP contribution in [0.4, 0.5) is 23.2 Å². The number of hydrogen-bond acceptors (Lipinski definition) is 3. The fraction of sp³-hybridized carbons (Fsp3) is 0.273. The summed E-state index contributed by atoms with van der Waals surface area (Å²) in [6.07, 6.45) is 0.764. The van der Waals surface area contributed by atoms with Gasteiger partial charge in [-0.1, -0.05) is 0 Å². The number of aromatic nitrogens is 1. The fourth-order valence-electron chi connectivity index (χ4n) is 3.93. The molecule has 0 unspecified atom stereocenters. The Kier molecular flexibility index (Phi) is 4.98. The highest BCUT2D eigenvalue weighted by atomic mass is 19.1. The van der Waals surface area contributed by atoms with Gasteiger partial charge < -0.3 is 4.90 Å². The van der Waals surface area contributed by atoms with E-state index in [4.69, 9.17) is 0 Å². The molecule has 1 fully saturated rings. The lowest BCUT2D eigenvalue weighted by Gasteiger charge is -2.34. The summed E-state index contributed by atoms with van der Waals surface area (Å²) >= 11 is 0.